The van der Waals surface area contributed by atoms with Crippen LogP contribution >= 0.6 is 0 Å². The van der Waals surface area contributed by atoms with E-state index in [-0.39, 0.29) is 11.7 Å². The summed E-state index contributed by atoms with van der Waals surface area (Å²) in [5.41, 5.74) is 2.45. The zero-order valence-corrected chi connectivity index (χ0v) is 13.9. The molecule has 0 unspecified atom stereocenters. The van der Waals surface area contributed by atoms with E-state index in [1.165, 1.54) is 6.42 Å². The van der Waals surface area contributed by atoms with Crippen LogP contribution < -0.4 is 0 Å². The topological polar surface area (TPSA) is 50.5 Å². The summed E-state index contributed by atoms with van der Waals surface area (Å²) < 4.78 is 1.63. The van der Waals surface area contributed by atoms with Gasteiger partial charge in [-0.15, -0.1) is 5.10 Å². The molecular weight excluding hydrogens is 312 g/mol. The number of benzene rings is 1. The summed E-state index contributed by atoms with van der Waals surface area (Å²) in [6.45, 7) is 1.59. The molecule has 3 heterocycles. The molecule has 1 aliphatic heterocycles. The van der Waals surface area contributed by atoms with Gasteiger partial charge >= 0.3 is 0 Å². The van der Waals surface area contributed by atoms with E-state index in [9.17, 15) is 4.79 Å². The molecule has 0 bridgehead atoms. The Balaban J connectivity index is 1.59. The van der Waals surface area contributed by atoms with Gasteiger partial charge in [-0.05, 0) is 43.5 Å². The Bertz CT molecular complexity index is 960. The second-order valence-electron chi connectivity index (χ2n) is 6.12. The third kappa shape index (κ3) is 3.38. The van der Waals surface area contributed by atoms with Gasteiger partial charge in [-0.2, -0.15) is 0 Å². The fraction of sp³-hybridized carbons (Fsp3) is 0.250. The monoisotopic (exact) mass is 330 g/mol. The van der Waals surface area contributed by atoms with Crippen molar-refractivity contribution in [3.8, 4) is 11.8 Å². The first-order chi connectivity index (χ1) is 12.3. The van der Waals surface area contributed by atoms with Crippen LogP contribution in [0.2, 0.25) is 0 Å². The molecule has 2 aromatic heterocycles. The maximum absolute atomic E-state index is 12.5. The number of piperidine rings is 1. The Kier molecular flexibility index (Phi) is 4.17. The van der Waals surface area contributed by atoms with Crippen molar-refractivity contribution in [1.82, 2.24) is 19.5 Å². The highest BCUT2D eigenvalue weighted by Crippen LogP contribution is 2.12. The minimum Gasteiger partial charge on any atom is -0.336 e. The number of aromatic nitrogens is 3. The predicted molar refractivity (Wildman–Crippen MR) is 95.2 cm³/mol. The van der Waals surface area contributed by atoms with E-state index < -0.39 is 0 Å². The summed E-state index contributed by atoms with van der Waals surface area (Å²) in [5, 5.41) is 4.35. The van der Waals surface area contributed by atoms with Gasteiger partial charge in [-0.25, -0.2) is 9.50 Å². The van der Waals surface area contributed by atoms with Crippen molar-refractivity contribution in [2.75, 3.05) is 13.1 Å². The van der Waals surface area contributed by atoms with E-state index in [1.54, 1.807) is 4.52 Å². The van der Waals surface area contributed by atoms with E-state index in [1.807, 2.05) is 53.6 Å². The van der Waals surface area contributed by atoms with Crippen molar-refractivity contribution < 1.29 is 4.79 Å². The average Bonchev–Trinajstić information content (AvgIpc) is 3.10. The molecule has 0 atom stereocenters. The second-order valence-corrected chi connectivity index (χ2v) is 6.12. The lowest BCUT2D eigenvalue weighted by atomic mass is 10.1. The Labute approximate surface area is 146 Å². The van der Waals surface area contributed by atoms with E-state index >= 15 is 0 Å². The Morgan fingerprint density at radius 2 is 1.68 bits per heavy atom. The van der Waals surface area contributed by atoms with Crippen LogP contribution in [0.15, 0.2) is 48.7 Å². The van der Waals surface area contributed by atoms with Crippen LogP contribution in [-0.2, 0) is 0 Å². The minimum absolute atomic E-state index is 0.0830. The Hall–Kier alpha value is -3.13. The number of carbonyl (C=O) groups excluding carboxylic acids is 1. The zero-order valence-electron chi connectivity index (χ0n) is 13.9. The van der Waals surface area contributed by atoms with Crippen LogP contribution in [0.3, 0.4) is 0 Å². The van der Waals surface area contributed by atoms with Crippen LogP contribution in [0.1, 0.15) is 41.0 Å². The average molecular weight is 330 g/mol. The van der Waals surface area contributed by atoms with Crippen molar-refractivity contribution in [1.29, 1.82) is 0 Å². The van der Waals surface area contributed by atoms with Gasteiger partial charge in [0, 0.05) is 30.4 Å². The summed E-state index contributed by atoms with van der Waals surface area (Å²) in [5.74, 6) is 6.42. The fourth-order valence-electron chi connectivity index (χ4n) is 2.95. The molecule has 0 saturated carbocycles. The first kappa shape index (κ1) is 15.4. The molecular formula is C20H18N4O. The van der Waals surface area contributed by atoms with Crippen LogP contribution in [-0.4, -0.2) is 38.5 Å². The van der Waals surface area contributed by atoms with Crippen molar-refractivity contribution in [3.05, 3.63) is 65.6 Å². The largest absolute Gasteiger partial charge is 0.336 e. The van der Waals surface area contributed by atoms with Crippen LogP contribution in [0.5, 0.6) is 0 Å². The SMILES string of the molecule is O=C(c1nc2ccc(C#Cc3ccccc3)cn2n1)N1CCCCC1. The molecule has 1 aliphatic rings. The molecule has 0 radical (unpaired) electrons. The number of nitrogens with zero attached hydrogens (tertiary/aromatic N) is 4. The molecule has 1 fully saturated rings. The second kappa shape index (κ2) is 6.78. The summed E-state index contributed by atoms with van der Waals surface area (Å²) >= 11 is 0. The van der Waals surface area contributed by atoms with Crippen molar-refractivity contribution in [3.63, 3.8) is 0 Å². The first-order valence-electron chi connectivity index (χ1n) is 8.52. The number of hydrogen-bond acceptors (Lipinski definition) is 3. The van der Waals surface area contributed by atoms with Gasteiger partial charge in [0.15, 0.2) is 5.65 Å². The maximum atomic E-state index is 12.5. The number of amides is 1. The quantitative estimate of drug-likeness (QED) is 0.645. The lowest BCUT2D eigenvalue weighted by Crippen LogP contribution is -2.36. The van der Waals surface area contributed by atoms with E-state index in [0.29, 0.717) is 5.65 Å². The first-order valence-corrected chi connectivity index (χ1v) is 8.52. The van der Waals surface area contributed by atoms with Crippen LogP contribution in [0, 0.1) is 11.8 Å². The molecule has 0 N–H and O–H groups in total. The van der Waals surface area contributed by atoms with Gasteiger partial charge in [0.1, 0.15) is 0 Å². The van der Waals surface area contributed by atoms with Gasteiger partial charge in [-0.3, -0.25) is 4.79 Å². The van der Waals surface area contributed by atoms with E-state index in [2.05, 4.69) is 21.9 Å². The molecule has 5 heteroatoms. The standard InChI is InChI=1S/C20H18N4O/c25-20(23-13-5-2-6-14-23)19-21-18-12-11-17(15-24(18)22-19)10-9-16-7-3-1-4-8-16/h1,3-4,7-8,11-12,15H,2,5-6,13-14H2. The predicted octanol–water partition coefficient (Wildman–Crippen LogP) is 2.76. The number of carbonyl (C=O) groups is 1. The molecule has 4 rings (SSSR count). The van der Waals surface area contributed by atoms with Gasteiger partial charge in [0.25, 0.3) is 5.91 Å². The molecule has 0 spiro atoms. The lowest BCUT2D eigenvalue weighted by Gasteiger charge is -2.25. The summed E-state index contributed by atoms with van der Waals surface area (Å²) in [7, 11) is 0. The lowest BCUT2D eigenvalue weighted by molar-refractivity contribution is 0.0712. The van der Waals surface area contributed by atoms with Crippen molar-refractivity contribution >= 4 is 11.6 Å². The van der Waals surface area contributed by atoms with Gasteiger partial charge in [-0.1, -0.05) is 30.0 Å². The number of pyridine rings is 1. The Morgan fingerprint density at radius 1 is 0.920 bits per heavy atom. The highest BCUT2D eigenvalue weighted by Gasteiger charge is 2.22. The molecule has 124 valence electrons. The maximum Gasteiger partial charge on any atom is 0.293 e. The van der Waals surface area contributed by atoms with E-state index in [0.717, 1.165) is 37.1 Å². The summed E-state index contributed by atoms with van der Waals surface area (Å²) in [6.07, 6.45) is 5.10. The molecule has 1 saturated heterocycles. The summed E-state index contributed by atoms with van der Waals surface area (Å²) in [6, 6.07) is 13.6. The third-order valence-corrected chi connectivity index (χ3v) is 4.29. The number of hydrogen-bond donors (Lipinski definition) is 0. The molecule has 5 nitrogen and oxygen atoms in total. The fourth-order valence-corrected chi connectivity index (χ4v) is 2.95. The zero-order chi connectivity index (χ0) is 17.1. The Morgan fingerprint density at radius 3 is 2.48 bits per heavy atom. The van der Waals surface area contributed by atoms with Crippen molar-refractivity contribution in [2.24, 2.45) is 0 Å². The van der Waals surface area contributed by atoms with Gasteiger partial charge in [0.2, 0.25) is 5.82 Å². The van der Waals surface area contributed by atoms with Crippen LogP contribution in [0.4, 0.5) is 0 Å². The van der Waals surface area contributed by atoms with Crippen molar-refractivity contribution in [2.45, 2.75) is 19.3 Å². The van der Waals surface area contributed by atoms with Gasteiger partial charge in [0.05, 0.1) is 0 Å². The number of likely N-dealkylation sites (tertiary alicyclic amines) is 1. The smallest absolute Gasteiger partial charge is 0.293 e. The molecule has 1 aromatic carbocycles. The number of rotatable bonds is 1. The highest BCUT2D eigenvalue weighted by atomic mass is 16.2. The number of fused-ring (bicyclic) bond motifs is 1. The molecule has 1 amide bonds. The van der Waals surface area contributed by atoms with E-state index in [4.69, 9.17) is 0 Å². The molecule has 25 heavy (non-hydrogen) atoms. The normalized spacial score (nSPS) is 14.2. The van der Waals surface area contributed by atoms with Crippen LogP contribution in [0.25, 0.3) is 5.65 Å². The minimum atomic E-state index is -0.0830. The third-order valence-electron chi connectivity index (χ3n) is 4.29. The van der Waals surface area contributed by atoms with Gasteiger partial charge < -0.3 is 4.90 Å². The highest BCUT2D eigenvalue weighted by molar-refractivity contribution is 5.91. The summed E-state index contributed by atoms with van der Waals surface area (Å²) in [4.78, 5) is 18.7. The molecule has 3 aromatic rings. The molecule has 0 aliphatic carbocycles.